The lowest BCUT2D eigenvalue weighted by Crippen LogP contribution is -2.34. The second-order valence-corrected chi connectivity index (χ2v) is 6.86. The number of rotatable bonds is 7. The van der Waals surface area contributed by atoms with E-state index in [-0.39, 0.29) is 0 Å². The van der Waals surface area contributed by atoms with E-state index >= 15 is 0 Å². The van der Waals surface area contributed by atoms with E-state index in [0.717, 1.165) is 18.1 Å². The molecular weight excluding hydrogens is 164 g/mol. The first-order valence-corrected chi connectivity index (χ1v) is 6.65. The van der Waals surface area contributed by atoms with Gasteiger partial charge < -0.3 is 4.43 Å². The van der Waals surface area contributed by atoms with Gasteiger partial charge in [-0.2, -0.15) is 0 Å². The van der Waals surface area contributed by atoms with Crippen molar-refractivity contribution in [1.82, 2.24) is 0 Å². The molecule has 0 rings (SSSR count). The molecule has 0 amide bonds. The summed E-state index contributed by atoms with van der Waals surface area (Å²) < 4.78 is 5.58. The third-order valence-corrected chi connectivity index (χ3v) is 5.95. The smallest absolute Gasteiger partial charge is 0.203 e. The Morgan fingerprint density at radius 3 is 1.50 bits per heavy atom. The zero-order valence-electron chi connectivity index (χ0n) is 7.88. The lowest BCUT2D eigenvalue weighted by Gasteiger charge is -2.25. The summed E-state index contributed by atoms with van der Waals surface area (Å²) in [7, 11) is 0.157. The lowest BCUT2D eigenvalue weighted by molar-refractivity contribution is 0.399. The molecule has 0 N–H and O–H groups in total. The van der Waals surface area contributed by atoms with Crippen LogP contribution in [-0.4, -0.2) is 15.4 Å². The number of hydrogen-bond acceptors (Lipinski definition) is 1. The van der Waals surface area contributed by atoms with Crippen LogP contribution in [0.5, 0.6) is 0 Å². The minimum absolute atomic E-state index is 0.974. The van der Waals surface area contributed by atoms with E-state index in [2.05, 4.69) is 19.7 Å². The SMILES string of the molecule is C=CC[Si](CC=C)(CC=C)OC. The van der Waals surface area contributed by atoms with Crippen LogP contribution in [0.4, 0.5) is 0 Å². The van der Waals surface area contributed by atoms with Crippen molar-refractivity contribution in [2.45, 2.75) is 18.1 Å². The summed E-state index contributed by atoms with van der Waals surface area (Å²) in [4.78, 5) is 0. The minimum Gasteiger partial charge on any atom is -0.419 e. The quantitative estimate of drug-likeness (QED) is 0.434. The Morgan fingerprint density at radius 1 is 1.00 bits per heavy atom. The highest BCUT2D eigenvalue weighted by atomic mass is 28.4. The normalized spacial score (nSPS) is 10.8. The zero-order valence-corrected chi connectivity index (χ0v) is 8.88. The van der Waals surface area contributed by atoms with Gasteiger partial charge in [0.15, 0.2) is 0 Å². The number of allylic oxidation sites excluding steroid dienone is 3. The summed E-state index contributed by atoms with van der Waals surface area (Å²) in [5, 5.41) is 0. The first-order valence-electron chi connectivity index (χ1n) is 4.12. The van der Waals surface area contributed by atoms with Gasteiger partial charge in [0.1, 0.15) is 0 Å². The van der Waals surface area contributed by atoms with E-state index < -0.39 is 8.32 Å². The van der Waals surface area contributed by atoms with Crippen LogP contribution in [0.2, 0.25) is 18.1 Å². The molecule has 0 spiro atoms. The van der Waals surface area contributed by atoms with Crippen molar-refractivity contribution in [3.63, 3.8) is 0 Å². The van der Waals surface area contributed by atoms with Crippen molar-refractivity contribution in [3.8, 4) is 0 Å². The predicted octanol–water partition coefficient (Wildman–Crippen LogP) is 3.14. The molecular formula is C10H18OSi. The molecule has 0 aliphatic heterocycles. The molecule has 0 aliphatic carbocycles. The Hall–Kier alpha value is -0.603. The molecule has 0 aliphatic rings. The minimum atomic E-state index is -1.62. The van der Waals surface area contributed by atoms with E-state index in [0.29, 0.717) is 0 Å². The molecule has 12 heavy (non-hydrogen) atoms. The van der Waals surface area contributed by atoms with Gasteiger partial charge in [0.2, 0.25) is 8.32 Å². The third-order valence-electron chi connectivity index (χ3n) is 1.98. The van der Waals surface area contributed by atoms with Crippen LogP contribution in [0.3, 0.4) is 0 Å². The molecule has 0 radical (unpaired) electrons. The second-order valence-electron chi connectivity index (χ2n) is 2.87. The maximum Gasteiger partial charge on any atom is 0.203 e. The molecule has 0 aromatic rings. The van der Waals surface area contributed by atoms with Crippen molar-refractivity contribution < 1.29 is 4.43 Å². The Labute approximate surface area is 76.6 Å². The molecule has 0 aromatic heterocycles. The summed E-state index contributed by atoms with van der Waals surface area (Å²) in [5.74, 6) is 0. The molecule has 0 saturated heterocycles. The summed E-state index contributed by atoms with van der Waals surface area (Å²) in [6.45, 7) is 11.2. The maximum absolute atomic E-state index is 5.58. The summed E-state index contributed by atoms with van der Waals surface area (Å²) in [6, 6.07) is 2.92. The Kier molecular flexibility index (Phi) is 5.67. The highest BCUT2D eigenvalue weighted by molar-refractivity contribution is 6.75. The fourth-order valence-electron chi connectivity index (χ4n) is 1.29. The van der Waals surface area contributed by atoms with Crippen LogP contribution in [0, 0.1) is 0 Å². The van der Waals surface area contributed by atoms with Crippen molar-refractivity contribution >= 4 is 8.32 Å². The first-order chi connectivity index (χ1) is 5.74. The Bertz CT molecular complexity index is 137. The number of hydrogen-bond donors (Lipinski definition) is 0. The van der Waals surface area contributed by atoms with Gasteiger partial charge in [0.25, 0.3) is 0 Å². The van der Waals surface area contributed by atoms with Crippen LogP contribution in [0.1, 0.15) is 0 Å². The molecule has 0 fully saturated rings. The van der Waals surface area contributed by atoms with Crippen LogP contribution >= 0.6 is 0 Å². The monoisotopic (exact) mass is 182 g/mol. The summed E-state index contributed by atoms with van der Waals surface area (Å²) >= 11 is 0. The van der Waals surface area contributed by atoms with Crippen molar-refractivity contribution in [2.24, 2.45) is 0 Å². The van der Waals surface area contributed by atoms with Gasteiger partial charge in [-0.3, -0.25) is 0 Å². The standard InChI is InChI=1S/C10H18OSi/c1-5-8-12(11-4,9-6-2)10-7-3/h5-7H,1-3,8-10H2,4H3. The van der Waals surface area contributed by atoms with E-state index in [1.807, 2.05) is 18.2 Å². The van der Waals surface area contributed by atoms with Gasteiger partial charge in [-0.15, -0.1) is 19.7 Å². The van der Waals surface area contributed by atoms with Gasteiger partial charge in [-0.25, -0.2) is 0 Å². The zero-order chi connectivity index (χ0) is 9.45. The van der Waals surface area contributed by atoms with Crippen molar-refractivity contribution in [2.75, 3.05) is 7.11 Å². The predicted molar refractivity (Wildman–Crippen MR) is 57.8 cm³/mol. The third kappa shape index (κ3) is 3.20. The van der Waals surface area contributed by atoms with Crippen LogP contribution in [-0.2, 0) is 4.43 Å². The fourth-order valence-corrected chi connectivity index (χ4v) is 3.87. The Balaban J connectivity index is 4.35. The average molecular weight is 182 g/mol. The van der Waals surface area contributed by atoms with Crippen LogP contribution < -0.4 is 0 Å². The van der Waals surface area contributed by atoms with Crippen LogP contribution in [0.25, 0.3) is 0 Å². The average Bonchev–Trinajstić information content (AvgIpc) is 2.06. The molecule has 1 nitrogen and oxygen atoms in total. The largest absolute Gasteiger partial charge is 0.419 e. The van der Waals surface area contributed by atoms with Crippen LogP contribution in [0.15, 0.2) is 38.0 Å². The molecule has 2 heteroatoms. The first kappa shape index (κ1) is 11.4. The Morgan fingerprint density at radius 2 is 1.33 bits per heavy atom. The summed E-state index contributed by atoms with van der Waals surface area (Å²) in [6.07, 6.45) is 5.80. The van der Waals surface area contributed by atoms with Gasteiger partial charge in [0.05, 0.1) is 0 Å². The highest BCUT2D eigenvalue weighted by Crippen LogP contribution is 2.22. The second kappa shape index (κ2) is 5.97. The molecule has 0 unspecified atom stereocenters. The lowest BCUT2D eigenvalue weighted by atomic mass is 10.7. The molecule has 0 atom stereocenters. The molecule has 0 bridgehead atoms. The maximum atomic E-state index is 5.58. The highest BCUT2D eigenvalue weighted by Gasteiger charge is 2.29. The van der Waals surface area contributed by atoms with E-state index in [1.54, 1.807) is 7.11 Å². The topological polar surface area (TPSA) is 9.23 Å². The van der Waals surface area contributed by atoms with Gasteiger partial charge in [0, 0.05) is 7.11 Å². The van der Waals surface area contributed by atoms with E-state index in [1.165, 1.54) is 0 Å². The van der Waals surface area contributed by atoms with Gasteiger partial charge in [-0.1, -0.05) is 18.2 Å². The van der Waals surface area contributed by atoms with Crippen molar-refractivity contribution in [1.29, 1.82) is 0 Å². The fraction of sp³-hybridized carbons (Fsp3) is 0.400. The molecule has 0 heterocycles. The van der Waals surface area contributed by atoms with Gasteiger partial charge >= 0.3 is 0 Å². The van der Waals surface area contributed by atoms with Crippen molar-refractivity contribution in [3.05, 3.63) is 38.0 Å². The van der Waals surface area contributed by atoms with E-state index in [9.17, 15) is 0 Å². The molecule has 0 aromatic carbocycles. The summed E-state index contributed by atoms with van der Waals surface area (Å²) in [5.41, 5.74) is 0. The van der Waals surface area contributed by atoms with E-state index in [4.69, 9.17) is 4.43 Å². The molecule has 0 saturated carbocycles. The molecule has 68 valence electrons. The van der Waals surface area contributed by atoms with Gasteiger partial charge in [-0.05, 0) is 18.1 Å².